The molecular weight excluding hydrogens is 180 g/mol. The summed E-state index contributed by atoms with van der Waals surface area (Å²) in [5, 5.41) is 2.13. The van der Waals surface area contributed by atoms with Crippen LogP contribution in [0.4, 0.5) is 0 Å². The summed E-state index contributed by atoms with van der Waals surface area (Å²) in [4.78, 5) is 3.71. The van der Waals surface area contributed by atoms with Gasteiger partial charge in [0.15, 0.2) is 0 Å². The summed E-state index contributed by atoms with van der Waals surface area (Å²) in [7, 11) is 4.25. The fourth-order valence-electron chi connectivity index (χ4n) is 1.45. The Morgan fingerprint density at radius 1 is 1.54 bits per heavy atom. The third-order valence-corrected chi connectivity index (χ3v) is 3.15. The van der Waals surface area contributed by atoms with Crippen molar-refractivity contribution in [2.45, 2.75) is 18.9 Å². The van der Waals surface area contributed by atoms with Gasteiger partial charge >= 0.3 is 0 Å². The van der Waals surface area contributed by atoms with Crippen molar-refractivity contribution in [3.63, 3.8) is 0 Å². The Morgan fingerprint density at radius 3 is 2.77 bits per heavy atom. The maximum Gasteiger partial charge on any atom is 0.0435 e. The fraction of sp³-hybridized carbons (Fsp3) is 0.600. The minimum atomic E-state index is 0.545. The third-order valence-electron chi connectivity index (χ3n) is 2.18. The molecule has 1 aromatic rings. The van der Waals surface area contributed by atoms with E-state index in [9.17, 15) is 0 Å². The van der Waals surface area contributed by atoms with Crippen molar-refractivity contribution in [1.29, 1.82) is 0 Å². The van der Waals surface area contributed by atoms with Crippen LogP contribution in [0.5, 0.6) is 0 Å². The van der Waals surface area contributed by atoms with Crippen LogP contribution < -0.4 is 5.73 Å². The number of nitrogens with two attached hydrogens (primary N) is 1. The molecule has 1 aromatic heterocycles. The smallest absolute Gasteiger partial charge is 0.0435 e. The van der Waals surface area contributed by atoms with E-state index in [1.165, 1.54) is 4.88 Å². The van der Waals surface area contributed by atoms with Crippen LogP contribution in [0.15, 0.2) is 17.5 Å². The molecule has 0 radical (unpaired) electrons. The van der Waals surface area contributed by atoms with Gasteiger partial charge in [-0.15, -0.1) is 11.3 Å². The van der Waals surface area contributed by atoms with Gasteiger partial charge < -0.3 is 10.6 Å². The van der Waals surface area contributed by atoms with Crippen LogP contribution in [0.3, 0.4) is 0 Å². The van der Waals surface area contributed by atoms with Gasteiger partial charge in [0.2, 0.25) is 0 Å². The highest BCUT2D eigenvalue weighted by Crippen LogP contribution is 2.26. The van der Waals surface area contributed by atoms with Crippen molar-refractivity contribution >= 4 is 11.3 Å². The van der Waals surface area contributed by atoms with E-state index in [1.807, 2.05) is 11.3 Å². The monoisotopic (exact) mass is 198 g/mol. The topological polar surface area (TPSA) is 29.3 Å². The predicted octanol–water partition coefficient (Wildman–Crippen LogP) is 2.09. The van der Waals surface area contributed by atoms with E-state index in [2.05, 4.69) is 36.5 Å². The maximum absolute atomic E-state index is 5.52. The number of nitrogens with zero attached hydrogens (tertiary/aromatic N) is 1. The molecule has 0 saturated heterocycles. The van der Waals surface area contributed by atoms with E-state index in [1.54, 1.807) is 0 Å². The summed E-state index contributed by atoms with van der Waals surface area (Å²) < 4.78 is 0. The molecule has 1 heterocycles. The number of hydrogen-bond acceptors (Lipinski definition) is 3. The molecule has 1 rings (SSSR count). The van der Waals surface area contributed by atoms with Crippen molar-refractivity contribution in [2.75, 3.05) is 20.6 Å². The van der Waals surface area contributed by atoms with E-state index in [4.69, 9.17) is 5.73 Å². The highest BCUT2D eigenvalue weighted by molar-refractivity contribution is 7.10. The summed E-state index contributed by atoms with van der Waals surface area (Å²) in [6, 6.07) is 4.86. The van der Waals surface area contributed by atoms with E-state index in [-0.39, 0.29) is 0 Å². The normalized spacial score (nSPS) is 13.5. The van der Waals surface area contributed by atoms with Crippen molar-refractivity contribution in [2.24, 2.45) is 5.73 Å². The quantitative estimate of drug-likeness (QED) is 0.785. The summed E-state index contributed by atoms with van der Waals surface area (Å²) in [6.07, 6.45) is 2.25. The highest BCUT2D eigenvalue weighted by Gasteiger charge is 2.13. The lowest BCUT2D eigenvalue weighted by molar-refractivity contribution is 0.284. The van der Waals surface area contributed by atoms with E-state index in [0.29, 0.717) is 6.04 Å². The molecule has 0 aliphatic rings. The maximum atomic E-state index is 5.52. The fourth-order valence-corrected chi connectivity index (χ4v) is 2.40. The van der Waals surface area contributed by atoms with Gasteiger partial charge in [-0.05, 0) is 44.9 Å². The van der Waals surface area contributed by atoms with Gasteiger partial charge in [0.05, 0.1) is 0 Å². The van der Waals surface area contributed by atoms with Crippen molar-refractivity contribution in [1.82, 2.24) is 4.90 Å². The Kier molecular flexibility index (Phi) is 4.42. The molecule has 74 valence electrons. The Bertz CT molecular complexity index is 219. The Labute approximate surface area is 84.4 Å². The van der Waals surface area contributed by atoms with E-state index in [0.717, 1.165) is 19.4 Å². The predicted molar refractivity (Wildman–Crippen MR) is 59.0 cm³/mol. The number of rotatable bonds is 5. The number of hydrogen-bond donors (Lipinski definition) is 1. The molecule has 2 N–H and O–H groups in total. The van der Waals surface area contributed by atoms with Gasteiger partial charge in [-0.3, -0.25) is 0 Å². The average molecular weight is 198 g/mol. The van der Waals surface area contributed by atoms with Crippen LogP contribution in [0.25, 0.3) is 0 Å². The standard InChI is InChI=1S/C10H18N2S/c1-12(2)9(5-3-7-11)10-6-4-8-13-10/h4,6,8-9H,3,5,7,11H2,1-2H3. The molecule has 1 unspecified atom stereocenters. The van der Waals surface area contributed by atoms with E-state index < -0.39 is 0 Å². The summed E-state index contributed by atoms with van der Waals surface area (Å²) in [6.45, 7) is 0.787. The lowest BCUT2D eigenvalue weighted by atomic mass is 10.1. The molecule has 0 saturated carbocycles. The molecule has 2 nitrogen and oxygen atoms in total. The van der Waals surface area contributed by atoms with Crippen molar-refractivity contribution < 1.29 is 0 Å². The molecule has 3 heteroatoms. The van der Waals surface area contributed by atoms with E-state index >= 15 is 0 Å². The van der Waals surface area contributed by atoms with Crippen molar-refractivity contribution in [3.05, 3.63) is 22.4 Å². The largest absolute Gasteiger partial charge is 0.330 e. The minimum absolute atomic E-state index is 0.545. The second-order valence-corrected chi connectivity index (χ2v) is 4.41. The third kappa shape index (κ3) is 3.10. The Balaban J connectivity index is 2.58. The second-order valence-electron chi connectivity index (χ2n) is 3.43. The average Bonchev–Trinajstić information content (AvgIpc) is 2.57. The second kappa shape index (κ2) is 5.37. The molecule has 1 atom stereocenters. The molecule has 0 fully saturated rings. The van der Waals surface area contributed by atoms with Crippen LogP contribution in [0, 0.1) is 0 Å². The zero-order valence-corrected chi connectivity index (χ0v) is 9.18. The first-order chi connectivity index (χ1) is 6.25. The summed E-state index contributed by atoms with van der Waals surface area (Å²) in [5.41, 5.74) is 5.52. The van der Waals surface area contributed by atoms with Crippen molar-refractivity contribution in [3.8, 4) is 0 Å². The Hall–Kier alpha value is -0.380. The van der Waals surface area contributed by atoms with Gasteiger partial charge in [0.1, 0.15) is 0 Å². The first kappa shape index (κ1) is 10.7. The van der Waals surface area contributed by atoms with Gasteiger partial charge in [0, 0.05) is 10.9 Å². The SMILES string of the molecule is CN(C)C(CCCN)c1cccs1. The lowest BCUT2D eigenvalue weighted by Crippen LogP contribution is -2.19. The van der Waals surface area contributed by atoms with Crippen LogP contribution in [-0.2, 0) is 0 Å². The van der Waals surface area contributed by atoms with Gasteiger partial charge in [-0.2, -0.15) is 0 Å². The zero-order chi connectivity index (χ0) is 9.68. The van der Waals surface area contributed by atoms with Crippen LogP contribution in [0.1, 0.15) is 23.8 Å². The van der Waals surface area contributed by atoms with Gasteiger partial charge in [-0.1, -0.05) is 6.07 Å². The summed E-state index contributed by atoms with van der Waals surface area (Å²) >= 11 is 1.83. The molecule has 13 heavy (non-hydrogen) atoms. The molecular formula is C10H18N2S. The minimum Gasteiger partial charge on any atom is -0.330 e. The molecule has 0 bridgehead atoms. The van der Waals surface area contributed by atoms with Crippen LogP contribution in [-0.4, -0.2) is 25.5 Å². The Morgan fingerprint density at radius 2 is 2.31 bits per heavy atom. The van der Waals surface area contributed by atoms with Crippen LogP contribution in [0.2, 0.25) is 0 Å². The lowest BCUT2D eigenvalue weighted by Gasteiger charge is -2.22. The molecule has 0 aromatic carbocycles. The first-order valence-electron chi connectivity index (χ1n) is 4.65. The molecule has 0 aliphatic carbocycles. The molecule has 0 amide bonds. The highest BCUT2D eigenvalue weighted by atomic mass is 32.1. The molecule has 0 aliphatic heterocycles. The van der Waals surface area contributed by atoms with Crippen LogP contribution >= 0.6 is 11.3 Å². The zero-order valence-electron chi connectivity index (χ0n) is 8.36. The summed E-state index contributed by atoms with van der Waals surface area (Å²) in [5.74, 6) is 0. The van der Waals surface area contributed by atoms with Gasteiger partial charge in [0.25, 0.3) is 0 Å². The molecule has 0 spiro atoms. The number of thiophene rings is 1. The first-order valence-corrected chi connectivity index (χ1v) is 5.53. The van der Waals surface area contributed by atoms with Gasteiger partial charge in [-0.25, -0.2) is 0 Å².